The molecule has 3 aromatic rings. The highest BCUT2D eigenvalue weighted by Crippen LogP contribution is 2.34. The number of aryl methyl sites for hydroxylation is 1. The van der Waals surface area contributed by atoms with Crippen LogP contribution in [0.5, 0.6) is 5.75 Å². The molecule has 1 unspecified atom stereocenters. The number of aliphatic hydroxyl groups is 1. The second-order valence-corrected chi connectivity index (χ2v) is 5.16. The van der Waals surface area contributed by atoms with E-state index in [1.54, 1.807) is 7.11 Å². The van der Waals surface area contributed by atoms with Crippen LogP contribution in [0.1, 0.15) is 22.8 Å². The number of para-hydroxylation sites is 1. The van der Waals surface area contributed by atoms with Crippen LogP contribution in [-0.4, -0.2) is 12.2 Å². The average Bonchev–Trinajstić information content (AvgIpc) is 2.55. The van der Waals surface area contributed by atoms with Crippen LogP contribution in [0.15, 0.2) is 60.7 Å². The summed E-state index contributed by atoms with van der Waals surface area (Å²) in [7, 11) is 1.62. The van der Waals surface area contributed by atoms with E-state index in [-0.39, 0.29) is 0 Å². The first-order valence-corrected chi connectivity index (χ1v) is 7.01. The fourth-order valence-corrected chi connectivity index (χ4v) is 2.77. The molecule has 0 radical (unpaired) electrons. The summed E-state index contributed by atoms with van der Waals surface area (Å²) in [6.07, 6.45) is -0.702. The van der Waals surface area contributed by atoms with Crippen molar-refractivity contribution in [3.63, 3.8) is 0 Å². The number of hydrogen-bond acceptors (Lipinski definition) is 2. The third kappa shape index (κ3) is 2.39. The Kier molecular flexibility index (Phi) is 3.63. The largest absolute Gasteiger partial charge is 0.496 e. The minimum atomic E-state index is -0.702. The zero-order valence-corrected chi connectivity index (χ0v) is 12.2. The van der Waals surface area contributed by atoms with E-state index in [9.17, 15) is 5.11 Å². The van der Waals surface area contributed by atoms with Gasteiger partial charge in [0.1, 0.15) is 11.9 Å². The minimum absolute atomic E-state index is 0.702. The maximum Gasteiger partial charge on any atom is 0.125 e. The Morgan fingerprint density at radius 2 is 1.48 bits per heavy atom. The maximum absolute atomic E-state index is 10.8. The average molecular weight is 278 g/mol. The van der Waals surface area contributed by atoms with E-state index in [1.807, 2.05) is 42.5 Å². The van der Waals surface area contributed by atoms with Crippen LogP contribution in [0.4, 0.5) is 0 Å². The quantitative estimate of drug-likeness (QED) is 0.776. The highest BCUT2D eigenvalue weighted by atomic mass is 16.5. The first kappa shape index (κ1) is 13.7. The van der Waals surface area contributed by atoms with E-state index < -0.39 is 6.10 Å². The van der Waals surface area contributed by atoms with Gasteiger partial charge in [0.2, 0.25) is 0 Å². The van der Waals surface area contributed by atoms with E-state index in [4.69, 9.17) is 4.74 Å². The van der Waals surface area contributed by atoms with E-state index >= 15 is 0 Å². The van der Waals surface area contributed by atoms with Gasteiger partial charge in [-0.1, -0.05) is 54.6 Å². The Hall–Kier alpha value is -2.32. The third-order valence-electron chi connectivity index (χ3n) is 3.90. The molecule has 3 rings (SSSR count). The summed E-state index contributed by atoms with van der Waals surface area (Å²) in [5, 5.41) is 13.1. The molecule has 21 heavy (non-hydrogen) atoms. The highest BCUT2D eigenvalue weighted by Gasteiger charge is 2.17. The van der Waals surface area contributed by atoms with Crippen LogP contribution >= 0.6 is 0 Å². The van der Waals surface area contributed by atoms with E-state index in [0.717, 1.165) is 16.5 Å². The molecule has 0 amide bonds. The van der Waals surface area contributed by atoms with Crippen molar-refractivity contribution in [1.29, 1.82) is 0 Å². The predicted molar refractivity (Wildman–Crippen MR) is 85.7 cm³/mol. The summed E-state index contributed by atoms with van der Waals surface area (Å²) in [4.78, 5) is 0. The lowest BCUT2D eigenvalue weighted by Crippen LogP contribution is -2.03. The van der Waals surface area contributed by atoms with Crippen molar-refractivity contribution < 1.29 is 9.84 Å². The molecule has 0 aromatic heterocycles. The number of benzene rings is 3. The molecule has 0 spiro atoms. The van der Waals surface area contributed by atoms with Crippen molar-refractivity contribution >= 4 is 10.8 Å². The first-order chi connectivity index (χ1) is 10.2. The Morgan fingerprint density at radius 1 is 0.810 bits per heavy atom. The Bertz CT molecular complexity index is 777. The lowest BCUT2D eigenvalue weighted by Gasteiger charge is -2.17. The molecule has 0 aliphatic heterocycles. The maximum atomic E-state index is 10.8. The molecular formula is C19H18O2. The number of aliphatic hydroxyl groups excluding tert-OH is 1. The summed E-state index contributed by atoms with van der Waals surface area (Å²) in [5.74, 6) is 0.703. The van der Waals surface area contributed by atoms with Gasteiger partial charge in [0.25, 0.3) is 0 Å². The fraction of sp³-hybridized carbons (Fsp3) is 0.158. The van der Waals surface area contributed by atoms with Gasteiger partial charge in [-0.05, 0) is 34.9 Å². The number of methoxy groups -OCH3 is 1. The molecule has 0 aliphatic rings. The van der Waals surface area contributed by atoms with Crippen molar-refractivity contribution in [3.8, 4) is 5.75 Å². The van der Waals surface area contributed by atoms with Gasteiger partial charge in [0, 0.05) is 5.56 Å². The Morgan fingerprint density at radius 3 is 2.24 bits per heavy atom. The zero-order valence-electron chi connectivity index (χ0n) is 12.2. The lowest BCUT2D eigenvalue weighted by atomic mass is 9.93. The van der Waals surface area contributed by atoms with E-state index in [1.165, 1.54) is 10.9 Å². The molecule has 0 aliphatic carbocycles. The molecule has 2 heteroatoms. The van der Waals surface area contributed by atoms with Crippen molar-refractivity contribution in [2.45, 2.75) is 13.0 Å². The SMILES string of the molecule is COc1ccccc1C(O)c1ccc(C)c2ccccc12. The second kappa shape index (κ2) is 5.58. The third-order valence-corrected chi connectivity index (χ3v) is 3.90. The molecule has 0 fully saturated rings. The summed E-state index contributed by atoms with van der Waals surface area (Å²) in [6.45, 7) is 2.08. The molecule has 0 bridgehead atoms. The summed E-state index contributed by atoms with van der Waals surface area (Å²) < 4.78 is 5.36. The topological polar surface area (TPSA) is 29.5 Å². The smallest absolute Gasteiger partial charge is 0.125 e. The lowest BCUT2D eigenvalue weighted by molar-refractivity contribution is 0.216. The molecular weight excluding hydrogens is 260 g/mol. The van der Waals surface area contributed by atoms with Gasteiger partial charge in [-0.3, -0.25) is 0 Å². The predicted octanol–water partition coefficient (Wildman–Crippen LogP) is 4.24. The number of hydrogen-bond donors (Lipinski definition) is 1. The minimum Gasteiger partial charge on any atom is -0.496 e. The first-order valence-electron chi connectivity index (χ1n) is 7.01. The van der Waals surface area contributed by atoms with Gasteiger partial charge in [0.15, 0.2) is 0 Å². The highest BCUT2D eigenvalue weighted by molar-refractivity contribution is 5.89. The number of fused-ring (bicyclic) bond motifs is 1. The van der Waals surface area contributed by atoms with Gasteiger partial charge in [-0.2, -0.15) is 0 Å². The van der Waals surface area contributed by atoms with E-state index in [2.05, 4.69) is 25.1 Å². The van der Waals surface area contributed by atoms with Crippen LogP contribution in [0.3, 0.4) is 0 Å². The molecule has 3 aromatic carbocycles. The fourth-order valence-electron chi connectivity index (χ4n) is 2.77. The number of rotatable bonds is 3. The van der Waals surface area contributed by atoms with Gasteiger partial charge >= 0.3 is 0 Å². The van der Waals surface area contributed by atoms with Crippen molar-refractivity contribution in [2.75, 3.05) is 7.11 Å². The molecule has 106 valence electrons. The van der Waals surface area contributed by atoms with Crippen LogP contribution in [0, 0.1) is 6.92 Å². The van der Waals surface area contributed by atoms with Crippen molar-refractivity contribution in [1.82, 2.24) is 0 Å². The van der Waals surface area contributed by atoms with Crippen LogP contribution < -0.4 is 4.74 Å². The monoisotopic (exact) mass is 278 g/mol. The summed E-state index contributed by atoms with van der Waals surface area (Å²) in [5.41, 5.74) is 2.90. The summed E-state index contributed by atoms with van der Waals surface area (Å²) >= 11 is 0. The molecule has 1 N–H and O–H groups in total. The van der Waals surface area contributed by atoms with Crippen molar-refractivity contribution in [2.24, 2.45) is 0 Å². The Labute approximate surface area is 124 Å². The van der Waals surface area contributed by atoms with Crippen LogP contribution in [0.25, 0.3) is 10.8 Å². The standard InChI is InChI=1S/C19H18O2/c1-13-11-12-16(15-8-4-3-7-14(13)15)19(20)17-9-5-6-10-18(17)21-2/h3-12,19-20H,1-2H3. The number of ether oxygens (including phenoxy) is 1. The Balaban J connectivity index is 2.18. The molecule has 0 heterocycles. The van der Waals surface area contributed by atoms with Crippen molar-refractivity contribution in [3.05, 3.63) is 77.4 Å². The molecule has 0 saturated heterocycles. The molecule has 2 nitrogen and oxygen atoms in total. The second-order valence-electron chi connectivity index (χ2n) is 5.16. The normalized spacial score (nSPS) is 12.3. The van der Waals surface area contributed by atoms with Crippen LogP contribution in [-0.2, 0) is 0 Å². The summed E-state index contributed by atoms with van der Waals surface area (Å²) in [6, 6.07) is 19.8. The van der Waals surface area contributed by atoms with Gasteiger partial charge in [-0.25, -0.2) is 0 Å². The van der Waals surface area contributed by atoms with Gasteiger partial charge in [0.05, 0.1) is 7.11 Å². The van der Waals surface area contributed by atoms with Gasteiger partial charge < -0.3 is 9.84 Å². The van der Waals surface area contributed by atoms with Crippen LogP contribution in [0.2, 0.25) is 0 Å². The molecule has 0 saturated carbocycles. The van der Waals surface area contributed by atoms with Gasteiger partial charge in [-0.15, -0.1) is 0 Å². The zero-order chi connectivity index (χ0) is 14.8. The molecule has 1 atom stereocenters. The van der Waals surface area contributed by atoms with E-state index in [0.29, 0.717) is 5.75 Å².